The lowest BCUT2D eigenvalue weighted by atomic mass is 10.2. The van der Waals surface area contributed by atoms with Gasteiger partial charge >= 0.3 is 0 Å². The van der Waals surface area contributed by atoms with Crippen molar-refractivity contribution in [2.75, 3.05) is 0 Å². The molecule has 0 radical (unpaired) electrons. The summed E-state index contributed by atoms with van der Waals surface area (Å²) in [6.45, 7) is 3.41. The molecule has 8 heavy (non-hydrogen) atoms. The molecule has 1 nitrogen and oxygen atoms in total. The Bertz CT molecular complexity index is 161. The molecular weight excluding hydrogens is 100 g/mol. The molecule has 0 aromatic heterocycles. The fourth-order valence-electron chi connectivity index (χ4n) is 0.903. The monoisotopic (exact) mass is 108 g/mol. The van der Waals surface area contributed by atoms with E-state index in [4.69, 9.17) is 0 Å². The van der Waals surface area contributed by atoms with Crippen LogP contribution in [0.3, 0.4) is 0 Å². The summed E-state index contributed by atoms with van der Waals surface area (Å²) in [6.07, 6.45) is 2.59. The Morgan fingerprint density at radius 3 is 2.50 bits per heavy atom. The molecule has 0 atom stereocenters. The van der Waals surface area contributed by atoms with Gasteiger partial charge in [-0.2, -0.15) is 0 Å². The van der Waals surface area contributed by atoms with Gasteiger partial charge in [-0.3, -0.25) is 4.79 Å². The summed E-state index contributed by atoms with van der Waals surface area (Å²) in [5.74, 6) is 0.236. The second-order valence-corrected chi connectivity index (χ2v) is 1.93. The first-order valence-electron chi connectivity index (χ1n) is 2.76. The summed E-state index contributed by atoms with van der Waals surface area (Å²) in [5, 5.41) is 0. The van der Waals surface area contributed by atoms with Crippen LogP contribution in [0.4, 0.5) is 0 Å². The van der Waals surface area contributed by atoms with Crippen LogP contribution in [-0.4, -0.2) is 5.78 Å². The summed E-state index contributed by atoms with van der Waals surface area (Å²) < 4.78 is 0. The molecule has 0 amide bonds. The molecule has 1 saturated carbocycles. The average Bonchev–Trinajstić information content (AvgIpc) is 2.14. The van der Waals surface area contributed by atoms with Gasteiger partial charge in [-0.25, -0.2) is 0 Å². The first-order chi connectivity index (χ1) is 3.84. The Labute approximate surface area is 48.7 Å². The highest BCUT2D eigenvalue weighted by atomic mass is 16.1. The highest BCUT2D eigenvalue weighted by Gasteiger charge is 2.15. The van der Waals surface area contributed by atoms with E-state index in [9.17, 15) is 4.79 Å². The molecule has 1 aliphatic rings. The minimum atomic E-state index is 0.236. The average molecular weight is 108 g/mol. The van der Waals surface area contributed by atoms with E-state index in [1.165, 1.54) is 0 Å². The van der Waals surface area contributed by atoms with Gasteiger partial charge in [0.25, 0.3) is 0 Å². The van der Waals surface area contributed by atoms with Crippen molar-refractivity contribution in [3.63, 3.8) is 0 Å². The van der Waals surface area contributed by atoms with Crippen molar-refractivity contribution in [2.45, 2.75) is 19.3 Å². The first kappa shape index (κ1) is 5.33. The maximum atomic E-state index is 10.7. The third-order valence-corrected chi connectivity index (χ3v) is 1.38. The van der Waals surface area contributed by atoms with Gasteiger partial charge < -0.3 is 0 Å². The maximum absolute atomic E-state index is 10.7. The Morgan fingerprint density at radius 1 is 1.50 bits per heavy atom. The predicted octanol–water partition coefficient (Wildman–Crippen LogP) is 1.45. The van der Waals surface area contributed by atoms with Crippen LogP contribution in [0, 0.1) is 0 Å². The molecule has 1 rings (SSSR count). The Kier molecular flexibility index (Phi) is 1.32. The lowest BCUT2D eigenvalue weighted by molar-refractivity contribution is -0.114. The van der Waals surface area contributed by atoms with E-state index in [0.29, 0.717) is 6.42 Å². The fraction of sp³-hybridized carbons (Fsp3) is 0.429. The fourth-order valence-corrected chi connectivity index (χ4v) is 0.903. The van der Waals surface area contributed by atoms with Crippen molar-refractivity contribution in [2.24, 2.45) is 0 Å². The van der Waals surface area contributed by atoms with E-state index in [1.54, 1.807) is 0 Å². The van der Waals surface area contributed by atoms with Gasteiger partial charge in [-0.15, -0.1) is 5.73 Å². The topological polar surface area (TPSA) is 17.1 Å². The second-order valence-electron chi connectivity index (χ2n) is 1.93. The number of rotatable bonds is 0. The molecule has 0 unspecified atom stereocenters. The van der Waals surface area contributed by atoms with Crippen LogP contribution >= 0.6 is 0 Å². The standard InChI is InChI=1S/C7H8O/c1-2-6-4-3-5-7(6)8/h1,3-5H2. The molecule has 0 aliphatic heterocycles. The number of ketones is 1. The lowest BCUT2D eigenvalue weighted by Crippen LogP contribution is -1.87. The van der Waals surface area contributed by atoms with E-state index in [0.717, 1.165) is 18.4 Å². The maximum Gasteiger partial charge on any atom is 0.166 e. The molecule has 1 aliphatic carbocycles. The molecule has 1 heteroatoms. The van der Waals surface area contributed by atoms with Gasteiger partial charge in [-0.1, -0.05) is 6.58 Å². The molecule has 0 heterocycles. The van der Waals surface area contributed by atoms with Crippen LogP contribution in [0.15, 0.2) is 17.9 Å². The molecule has 0 bridgehead atoms. The predicted molar refractivity (Wildman–Crippen MR) is 31.5 cm³/mol. The number of allylic oxidation sites excluding steroid dienone is 1. The SMILES string of the molecule is C=C=C1CCCC1=O. The molecule has 42 valence electrons. The highest BCUT2D eigenvalue weighted by molar-refractivity contribution is 5.96. The quantitative estimate of drug-likeness (QED) is 0.339. The van der Waals surface area contributed by atoms with Crippen LogP contribution in [0.1, 0.15) is 19.3 Å². The van der Waals surface area contributed by atoms with Crippen LogP contribution in [0.2, 0.25) is 0 Å². The summed E-state index contributed by atoms with van der Waals surface area (Å²) in [5.41, 5.74) is 3.43. The molecule has 0 saturated heterocycles. The third-order valence-electron chi connectivity index (χ3n) is 1.38. The van der Waals surface area contributed by atoms with E-state index in [1.807, 2.05) is 0 Å². The van der Waals surface area contributed by atoms with Gasteiger partial charge in [0.1, 0.15) is 0 Å². The third kappa shape index (κ3) is 0.728. The lowest BCUT2D eigenvalue weighted by Gasteiger charge is -1.80. The molecule has 0 aromatic carbocycles. The zero-order valence-electron chi connectivity index (χ0n) is 4.74. The smallest absolute Gasteiger partial charge is 0.166 e. The van der Waals surface area contributed by atoms with Crippen LogP contribution in [0.25, 0.3) is 0 Å². The van der Waals surface area contributed by atoms with Crippen LogP contribution in [-0.2, 0) is 4.79 Å². The minimum Gasteiger partial charge on any atom is -0.294 e. The summed E-state index contributed by atoms with van der Waals surface area (Å²) in [7, 11) is 0. The van der Waals surface area contributed by atoms with Crippen molar-refractivity contribution in [3.8, 4) is 0 Å². The van der Waals surface area contributed by atoms with E-state index < -0.39 is 0 Å². The summed E-state index contributed by atoms with van der Waals surface area (Å²) >= 11 is 0. The van der Waals surface area contributed by atoms with Gasteiger partial charge in [0.2, 0.25) is 0 Å². The Balaban J connectivity index is 2.84. The number of carbonyl (C=O) groups excluding carboxylic acids is 1. The van der Waals surface area contributed by atoms with Crippen molar-refractivity contribution in [1.29, 1.82) is 0 Å². The van der Waals surface area contributed by atoms with Gasteiger partial charge in [0, 0.05) is 12.0 Å². The van der Waals surface area contributed by atoms with Gasteiger partial charge in [0.05, 0.1) is 0 Å². The number of hydrogen-bond donors (Lipinski definition) is 0. The molecule has 0 aromatic rings. The Hall–Kier alpha value is -0.810. The number of carbonyl (C=O) groups is 1. The second kappa shape index (κ2) is 1.97. The van der Waals surface area contributed by atoms with E-state index in [-0.39, 0.29) is 5.78 Å². The molecular formula is C7H8O. The zero-order valence-corrected chi connectivity index (χ0v) is 4.74. The summed E-state index contributed by atoms with van der Waals surface area (Å²) in [6, 6.07) is 0. The van der Waals surface area contributed by atoms with Crippen molar-refractivity contribution < 1.29 is 4.79 Å². The van der Waals surface area contributed by atoms with Crippen LogP contribution in [0.5, 0.6) is 0 Å². The van der Waals surface area contributed by atoms with Crippen molar-refractivity contribution >= 4 is 5.78 Å². The molecule has 0 spiro atoms. The van der Waals surface area contributed by atoms with Crippen molar-refractivity contribution in [1.82, 2.24) is 0 Å². The Morgan fingerprint density at radius 2 is 2.25 bits per heavy atom. The number of Topliss-reactive ketones (excluding diaryl/α,β-unsaturated/α-hetero) is 1. The summed E-state index contributed by atoms with van der Waals surface area (Å²) in [4.78, 5) is 10.7. The van der Waals surface area contributed by atoms with Gasteiger partial charge in [-0.05, 0) is 12.8 Å². The first-order valence-corrected chi connectivity index (χ1v) is 2.76. The van der Waals surface area contributed by atoms with E-state index in [2.05, 4.69) is 12.3 Å². The molecule has 1 fully saturated rings. The largest absolute Gasteiger partial charge is 0.294 e. The zero-order chi connectivity index (χ0) is 5.98. The molecule has 0 N–H and O–H groups in total. The highest BCUT2D eigenvalue weighted by Crippen LogP contribution is 2.18. The normalized spacial score (nSPS) is 19.0. The van der Waals surface area contributed by atoms with Crippen molar-refractivity contribution in [3.05, 3.63) is 17.9 Å². The number of hydrogen-bond acceptors (Lipinski definition) is 1. The van der Waals surface area contributed by atoms with Gasteiger partial charge in [0.15, 0.2) is 5.78 Å². The minimum absolute atomic E-state index is 0.236. The van der Waals surface area contributed by atoms with Crippen LogP contribution < -0.4 is 0 Å². The van der Waals surface area contributed by atoms with E-state index >= 15 is 0 Å².